The molecule has 2 bridgehead atoms. The van der Waals surface area contributed by atoms with Crippen molar-refractivity contribution in [2.24, 2.45) is 0 Å². The third-order valence-corrected chi connectivity index (χ3v) is 8.44. The van der Waals surface area contributed by atoms with Crippen LogP contribution in [0.3, 0.4) is 0 Å². The van der Waals surface area contributed by atoms with Crippen LogP contribution in [-0.4, -0.2) is 50.2 Å². The van der Waals surface area contributed by atoms with Crippen molar-refractivity contribution in [2.45, 2.75) is 69.9 Å². The first kappa shape index (κ1) is 25.4. The molecule has 3 heterocycles. The van der Waals surface area contributed by atoms with Crippen molar-refractivity contribution in [3.05, 3.63) is 107 Å². The largest absolute Gasteiger partial charge is 0.448 e. The van der Waals surface area contributed by atoms with Crippen LogP contribution in [0.5, 0.6) is 0 Å². The molecule has 3 unspecified atom stereocenters. The Hall–Kier alpha value is -3.84. The van der Waals surface area contributed by atoms with Crippen molar-refractivity contribution in [1.29, 1.82) is 0 Å². The molecule has 3 aromatic carbocycles. The van der Waals surface area contributed by atoms with Crippen LogP contribution in [-0.2, 0) is 17.8 Å². The summed E-state index contributed by atoms with van der Waals surface area (Å²) in [5.41, 5.74) is 4.20. The first-order valence-corrected chi connectivity index (χ1v) is 14.0. The van der Waals surface area contributed by atoms with Crippen molar-refractivity contribution in [3.8, 4) is 0 Å². The minimum absolute atomic E-state index is 0.0503. The maximum atomic E-state index is 13.4. The van der Waals surface area contributed by atoms with Crippen molar-refractivity contribution >= 4 is 17.1 Å². The first-order chi connectivity index (χ1) is 19.1. The smallest absolute Gasteiger partial charge is 0.410 e. The van der Waals surface area contributed by atoms with E-state index < -0.39 is 0 Å². The van der Waals surface area contributed by atoms with Crippen LogP contribution in [0.1, 0.15) is 49.8 Å². The van der Waals surface area contributed by atoms with Crippen molar-refractivity contribution in [2.75, 3.05) is 6.61 Å². The van der Waals surface area contributed by atoms with Crippen LogP contribution >= 0.6 is 0 Å². The summed E-state index contributed by atoms with van der Waals surface area (Å²) in [6, 6.07) is 29.0. The van der Waals surface area contributed by atoms with Gasteiger partial charge in [0.1, 0.15) is 6.61 Å². The lowest BCUT2D eigenvalue weighted by atomic mass is 9.97. The van der Waals surface area contributed by atoms with Crippen LogP contribution in [0.25, 0.3) is 11.0 Å². The summed E-state index contributed by atoms with van der Waals surface area (Å²) in [7, 11) is 0. The van der Waals surface area contributed by atoms with E-state index in [1.54, 1.807) is 0 Å². The number of carbonyl (C=O) groups is 1. The molecule has 7 heteroatoms. The number of fused-ring (bicyclic) bond motifs is 3. The van der Waals surface area contributed by atoms with Crippen LogP contribution in [0.4, 0.5) is 4.79 Å². The number of rotatable bonds is 8. The van der Waals surface area contributed by atoms with Gasteiger partial charge in [-0.1, -0.05) is 72.8 Å². The Kier molecular flexibility index (Phi) is 7.24. The highest BCUT2D eigenvalue weighted by molar-refractivity contribution is 5.75. The van der Waals surface area contributed by atoms with Gasteiger partial charge < -0.3 is 14.6 Å². The van der Waals surface area contributed by atoms with E-state index in [4.69, 9.17) is 4.74 Å². The van der Waals surface area contributed by atoms with Gasteiger partial charge in [-0.25, -0.2) is 9.59 Å². The summed E-state index contributed by atoms with van der Waals surface area (Å²) in [6.45, 7) is 4.03. The Morgan fingerprint density at radius 3 is 2.05 bits per heavy atom. The van der Waals surface area contributed by atoms with Crippen LogP contribution in [0.15, 0.2) is 89.7 Å². The standard InChI is InChI=1S/C32H36N4O3/c1-23(34(20-24-10-4-2-5-11-24)21-25-12-6-3-7-13-25)22-39-32(38)35-26-16-17-27(35)19-28(18-26)36-30-15-9-8-14-29(30)33-31(36)37/h2-15,23,26-28H,16-22H2,1H3,(H,33,37)/t23?,26-,27?,28?/m0/s1. The zero-order chi connectivity index (χ0) is 26.8. The van der Waals surface area contributed by atoms with E-state index in [2.05, 4.69) is 65.3 Å². The number of ether oxygens (including phenoxy) is 1. The number of piperidine rings is 1. The number of carbonyl (C=O) groups excluding carboxylic acids is 1. The van der Waals surface area contributed by atoms with E-state index in [0.717, 1.165) is 49.8 Å². The summed E-state index contributed by atoms with van der Waals surface area (Å²) in [6.07, 6.45) is 3.24. The molecule has 1 aromatic heterocycles. The molecule has 0 saturated carbocycles. The van der Waals surface area contributed by atoms with Crippen LogP contribution in [0, 0.1) is 0 Å². The predicted octanol–water partition coefficient (Wildman–Crippen LogP) is 5.73. The van der Waals surface area contributed by atoms with Gasteiger partial charge in [-0.05, 0) is 55.9 Å². The molecule has 2 saturated heterocycles. The van der Waals surface area contributed by atoms with E-state index in [1.807, 2.05) is 45.9 Å². The minimum atomic E-state index is -0.224. The quantitative estimate of drug-likeness (QED) is 0.320. The van der Waals surface area contributed by atoms with Crippen LogP contribution in [0.2, 0.25) is 0 Å². The van der Waals surface area contributed by atoms with Crippen molar-refractivity contribution in [1.82, 2.24) is 19.4 Å². The molecule has 0 spiro atoms. The number of aromatic amines is 1. The molecule has 7 nitrogen and oxygen atoms in total. The zero-order valence-corrected chi connectivity index (χ0v) is 22.4. The third-order valence-electron chi connectivity index (χ3n) is 8.44. The SMILES string of the molecule is CC(COC(=O)N1C2CC[C@H]1CC(n1c(=O)[nH]c3ccccc31)C2)N(Cc1ccccc1)Cc1ccccc1. The van der Waals surface area contributed by atoms with Gasteiger partial charge in [0, 0.05) is 37.3 Å². The molecule has 1 N–H and O–H groups in total. The summed E-state index contributed by atoms with van der Waals surface area (Å²) < 4.78 is 7.87. The molecule has 39 heavy (non-hydrogen) atoms. The van der Waals surface area contributed by atoms with E-state index in [9.17, 15) is 9.59 Å². The molecular formula is C32H36N4O3. The number of para-hydroxylation sites is 2. The third kappa shape index (κ3) is 5.36. The number of amides is 1. The zero-order valence-electron chi connectivity index (χ0n) is 22.4. The van der Waals surface area contributed by atoms with Crippen molar-refractivity contribution < 1.29 is 9.53 Å². The van der Waals surface area contributed by atoms with Gasteiger partial charge in [0.25, 0.3) is 0 Å². The molecule has 1 amide bonds. The lowest BCUT2D eigenvalue weighted by Crippen LogP contribution is -2.48. The first-order valence-electron chi connectivity index (χ1n) is 14.0. The Balaban J connectivity index is 1.11. The molecule has 2 aliphatic rings. The summed E-state index contributed by atoms with van der Waals surface area (Å²) in [5.74, 6) is 0. The monoisotopic (exact) mass is 524 g/mol. The van der Waals surface area contributed by atoms with Crippen LogP contribution < -0.4 is 5.69 Å². The van der Waals surface area contributed by atoms with E-state index in [0.29, 0.717) is 6.61 Å². The highest BCUT2D eigenvalue weighted by Gasteiger charge is 2.45. The van der Waals surface area contributed by atoms with Gasteiger partial charge in [-0.2, -0.15) is 0 Å². The number of nitrogens with one attached hydrogen (secondary N) is 1. The molecule has 0 radical (unpaired) electrons. The number of hydrogen-bond donors (Lipinski definition) is 1. The number of imidazole rings is 1. The number of nitrogens with zero attached hydrogens (tertiary/aromatic N) is 3. The average Bonchev–Trinajstić information content (AvgIpc) is 3.44. The Labute approximate surface area is 229 Å². The number of benzene rings is 3. The van der Waals surface area contributed by atoms with Gasteiger partial charge in [0.15, 0.2) is 0 Å². The highest BCUT2D eigenvalue weighted by atomic mass is 16.6. The molecule has 2 aliphatic heterocycles. The average molecular weight is 525 g/mol. The topological polar surface area (TPSA) is 70.6 Å². The lowest BCUT2D eigenvalue weighted by Gasteiger charge is -2.39. The maximum absolute atomic E-state index is 13.4. The summed E-state index contributed by atoms with van der Waals surface area (Å²) in [4.78, 5) is 33.5. The van der Waals surface area contributed by atoms with Gasteiger partial charge in [0.2, 0.25) is 0 Å². The van der Waals surface area contributed by atoms with E-state index in [1.165, 1.54) is 11.1 Å². The van der Waals surface area contributed by atoms with Gasteiger partial charge in [-0.3, -0.25) is 9.47 Å². The minimum Gasteiger partial charge on any atom is -0.448 e. The normalized spacial score (nSPS) is 21.4. The molecule has 4 aromatic rings. The molecular weight excluding hydrogens is 488 g/mol. The highest BCUT2D eigenvalue weighted by Crippen LogP contribution is 2.41. The Morgan fingerprint density at radius 2 is 1.44 bits per heavy atom. The van der Waals surface area contributed by atoms with E-state index in [-0.39, 0.29) is 36.0 Å². The van der Waals surface area contributed by atoms with Gasteiger partial charge in [0.05, 0.1) is 11.0 Å². The fourth-order valence-corrected chi connectivity index (χ4v) is 6.47. The predicted molar refractivity (Wildman–Crippen MR) is 152 cm³/mol. The van der Waals surface area contributed by atoms with Gasteiger partial charge in [-0.15, -0.1) is 0 Å². The summed E-state index contributed by atoms with van der Waals surface area (Å²) >= 11 is 0. The molecule has 202 valence electrons. The molecule has 4 atom stereocenters. The molecule has 2 fully saturated rings. The lowest BCUT2D eigenvalue weighted by molar-refractivity contribution is 0.0375. The number of hydrogen-bond acceptors (Lipinski definition) is 4. The second kappa shape index (κ2) is 11.1. The van der Waals surface area contributed by atoms with E-state index >= 15 is 0 Å². The fourth-order valence-electron chi connectivity index (χ4n) is 6.47. The number of aromatic nitrogens is 2. The number of H-pyrrole nitrogens is 1. The fraction of sp³-hybridized carbons (Fsp3) is 0.375. The van der Waals surface area contributed by atoms with Gasteiger partial charge >= 0.3 is 11.8 Å². The summed E-state index contributed by atoms with van der Waals surface area (Å²) in [5, 5.41) is 0. The van der Waals surface area contributed by atoms with Crippen molar-refractivity contribution in [3.63, 3.8) is 0 Å². The molecule has 0 aliphatic carbocycles. The molecule has 6 rings (SSSR count). The Morgan fingerprint density at radius 1 is 0.872 bits per heavy atom. The second-order valence-corrected chi connectivity index (χ2v) is 11.0. The maximum Gasteiger partial charge on any atom is 0.410 e. The Bertz CT molecular complexity index is 1410. The second-order valence-electron chi connectivity index (χ2n) is 11.0.